The van der Waals surface area contributed by atoms with E-state index < -0.39 is 0 Å². The number of hydrogen-bond donors (Lipinski definition) is 0. The highest BCUT2D eigenvalue weighted by Gasteiger charge is 2.29. The zero-order valence-corrected chi connectivity index (χ0v) is 10.2. The highest BCUT2D eigenvalue weighted by molar-refractivity contribution is 5.66. The Kier molecular flexibility index (Phi) is 4.14. The Labute approximate surface area is 92.1 Å². The quantitative estimate of drug-likeness (QED) is 0.504. The maximum atomic E-state index is 10.8. The maximum absolute atomic E-state index is 10.8. The summed E-state index contributed by atoms with van der Waals surface area (Å²) >= 11 is 0. The van der Waals surface area contributed by atoms with E-state index in [1.54, 1.807) is 0 Å². The summed E-state index contributed by atoms with van der Waals surface area (Å²) in [5.74, 6) is 0.441. The second kappa shape index (κ2) is 4.97. The predicted octanol–water partition coefficient (Wildman–Crippen LogP) is 2.53. The van der Waals surface area contributed by atoms with Crippen molar-refractivity contribution < 1.29 is 14.3 Å². The molecule has 0 aromatic heterocycles. The molecule has 0 amide bonds. The zero-order valence-electron chi connectivity index (χ0n) is 10.2. The number of rotatable bonds is 6. The van der Waals surface area contributed by atoms with Crippen molar-refractivity contribution in [3.05, 3.63) is 0 Å². The first-order chi connectivity index (χ1) is 6.91. The van der Waals surface area contributed by atoms with E-state index in [9.17, 15) is 4.79 Å². The SMILES string of the molecule is CC(=O)OC(C)(C)CCC[C@H](C)C1CO1. The van der Waals surface area contributed by atoms with Crippen LogP contribution in [0.1, 0.15) is 47.0 Å². The van der Waals surface area contributed by atoms with Gasteiger partial charge in [-0.25, -0.2) is 0 Å². The average molecular weight is 214 g/mol. The van der Waals surface area contributed by atoms with Gasteiger partial charge >= 0.3 is 5.97 Å². The van der Waals surface area contributed by atoms with Gasteiger partial charge in [0, 0.05) is 6.92 Å². The smallest absolute Gasteiger partial charge is 0.303 e. The molecule has 1 aliphatic rings. The van der Waals surface area contributed by atoms with Crippen molar-refractivity contribution >= 4 is 5.97 Å². The molecule has 0 saturated carbocycles. The molecule has 1 unspecified atom stereocenters. The van der Waals surface area contributed by atoms with Crippen LogP contribution in [0.2, 0.25) is 0 Å². The van der Waals surface area contributed by atoms with E-state index in [2.05, 4.69) is 6.92 Å². The van der Waals surface area contributed by atoms with E-state index in [-0.39, 0.29) is 11.6 Å². The van der Waals surface area contributed by atoms with Gasteiger partial charge in [0.25, 0.3) is 0 Å². The van der Waals surface area contributed by atoms with Gasteiger partial charge in [0.05, 0.1) is 12.7 Å². The van der Waals surface area contributed by atoms with Crippen molar-refractivity contribution in [2.75, 3.05) is 6.61 Å². The first kappa shape index (κ1) is 12.5. The van der Waals surface area contributed by atoms with Crippen molar-refractivity contribution in [3.8, 4) is 0 Å². The van der Waals surface area contributed by atoms with Crippen LogP contribution in [0.4, 0.5) is 0 Å². The molecule has 15 heavy (non-hydrogen) atoms. The second-order valence-corrected chi connectivity index (χ2v) is 5.09. The zero-order chi connectivity index (χ0) is 11.5. The molecule has 0 aromatic rings. The standard InChI is InChI=1S/C12H22O3/c1-9(11-8-14-11)6-5-7-12(3,4)15-10(2)13/h9,11H,5-8H2,1-4H3/t9-,11?/m0/s1. The molecule has 1 aliphatic heterocycles. The summed E-state index contributed by atoms with van der Waals surface area (Å²) in [5, 5.41) is 0. The van der Waals surface area contributed by atoms with Crippen LogP contribution in [0.5, 0.6) is 0 Å². The third-order valence-electron chi connectivity index (χ3n) is 2.85. The summed E-state index contributed by atoms with van der Waals surface area (Å²) in [6.45, 7) is 8.53. The molecule has 0 aliphatic carbocycles. The van der Waals surface area contributed by atoms with Gasteiger partial charge < -0.3 is 9.47 Å². The van der Waals surface area contributed by atoms with Crippen LogP contribution in [0.15, 0.2) is 0 Å². The molecule has 1 rings (SSSR count). The third-order valence-corrected chi connectivity index (χ3v) is 2.85. The highest BCUT2D eigenvalue weighted by atomic mass is 16.6. The van der Waals surface area contributed by atoms with Crippen LogP contribution in [0.3, 0.4) is 0 Å². The molecule has 3 heteroatoms. The molecule has 0 bridgehead atoms. The van der Waals surface area contributed by atoms with E-state index in [0.29, 0.717) is 12.0 Å². The Morgan fingerprint density at radius 3 is 2.67 bits per heavy atom. The summed E-state index contributed by atoms with van der Waals surface area (Å²) in [7, 11) is 0. The van der Waals surface area contributed by atoms with Crippen molar-refractivity contribution in [1.82, 2.24) is 0 Å². The molecule has 0 N–H and O–H groups in total. The Hall–Kier alpha value is -0.570. The molecular formula is C12H22O3. The number of carbonyl (C=O) groups is 1. The second-order valence-electron chi connectivity index (χ2n) is 5.09. The lowest BCUT2D eigenvalue weighted by Gasteiger charge is -2.24. The van der Waals surface area contributed by atoms with Gasteiger partial charge in [0.15, 0.2) is 0 Å². The molecule has 88 valence electrons. The maximum Gasteiger partial charge on any atom is 0.303 e. The number of epoxide rings is 1. The van der Waals surface area contributed by atoms with Gasteiger partial charge in [-0.15, -0.1) is 0 Å². The van der Waals surface area contributed by atoms with Crippen molar-refractivity contribution in [2.45, 2.75) is 58.7 Å². The Balaban J connectivity index is 2.14. The van der Waals surface area contributed by atoms with E-state index >= 15 is 0 Å². The monoisotopic (exact) mass is 214 g/mol. The first-order valence-corrected chi connectivity index (χ1v) is 5.72. The molecule has 1 saturated heterocycles. The minimum absolute atomic E-state index is 0.196. The normalized spacial score (nSPS) is 22.3. The summed E-state index contributed by atoms with van der Waals surface area (Å²) in [6.07, 6.45) is 3.64. The van der Waals surface area contributed by atoms with Crippen LogP contribution < -0.4 is 0 Å². The van der Waals surface area contributed by atoms with Crippen LogP contribution >= 0.6 is 0 Å². The molecule has 1 fully saturated rings. The molecule has 2 atom stereocenters. The number of hydrogen-bond acceptors (Lipinski definition) is 3. The fraction of sp³-hybridized carbons (Fsp3) is 0.917. The van der Waals surface area contributed by atoms with Crippen LogP contribution in [0.25, 0.3) is 0 Å². The molecule has 3 nitrogen and oxygen atoms in total. The van der Waals surface area contributed by atoms with Crippen LogP contribution in [-0.2, 0) is 14.3 Å². The largest absolute Gasteiger partial charge is 0.460 e. The van der Waals surface area contributed by atoms with Crippen LogP contribution in [-0.4, -0.2) is 24.3 Å². The van der Waals surface area contributed by atoms with E-state index in [1.165, 1.54) is 6.92 Å². The minimum atomic E-state index is -0.323. The lowest BCUT2D eigenvalue weighted by atomic mass is 9.95. The van der Waals surface area contributed by atoms with Crippen LogP contribution in [0, 0.1) is 5.92 Å². The van der Waals surface area contributed by atoms with E-state index in [4.69, 9.17) is 9.47 Å². The number of ether oxygens (including phenoxy) is 2. The van der Waals surface area contributed by atoms with Gasteiger partial charge in [-0.2, -0.15) is 0 Å². The third kappa shape index (κ3) is 5.17. The lowest BCUT2D eigenvalue weighted by molar-refractivity contribution is -0.154. The average Bonchev–Trinajstić information content (AvgIpc) is 2.82. The fourth-order valence-corrected chi connectivity index (χ4v) is 1.86. The fourth-order valence-electron chi connectivity index (χ4n) is 1.86. The summed E-state index contributed by atoms with van der Waals surface area (Å²) in [5.41, 5.74) is -0.323. The van der Waals surface area contributed by atoms with Gasteiger partial charge in [0.1, 0.15) is 5.60 Å². The number of esters is 1. The first-order valence-electron chi connectivity index (χ1n) is 5.72. The highest BCUT2D eigenvalue weighted by Crippen LogP contribution is 2.26. The Morgan fingerprint density at radius 1 is 1.60 bits per heavy atom. The van der Waals surface area contributed by atoms with Crippen molar-refractivity contribution in [2.24, 2.45) is 5.92 Å². The molecule has 1 heterocycles. The van der Waals surface area contributed by atoms with Gasteiger partial charge in [-0.1, -0.05) is 6.92 Å². The Morgan fingerprint density at radius 2 is 2.20 bits per heavy atom. The van der Waals surface area contributed by atoms with Crippen molar-refractivity contribution in [1.29, 1.82) is 0 Å². The van der Waals surface area contributed by atoms with Gasteiger partial charge in [-0.3, -0.25) is 4.79 Å². The minimum Gasteiger partial charge on any atom is -0.460 e. The number of carbonyl (C=O) groups excluding carboxylic acids is 1. The topological polar surface area (TPSA) is 38.8 Å². The van der Waals surface area contributed by atoms with Crippen molar-refractivity contribution in [3.63, 3.8) is 0 Å². The predicted molar refractivity (Wildman–Crippen MR) is 58.6 cm³/mol. The molecular weight excluding hydrogens is 192 g/mol. The lowest BCUT2D eigenvalue weighted by Crippen LogP contribution is -2.27. The van der Waals surface area contributed by atoms with Gasteiger partial charge in [-0.05, 0) is 39.0 Å². The van der Waals surface area contributed by atoms with Gasteiger partial charge in [0.2, 0.25) is 0 Å². The summed E-state index contributed by atoms with van der Waals surface area (Å²) in [4.78, 5) is 10.8. The summed E-state index contributed by atoms with van der Waals surface area (Å²) < 4.78 is 10.5. The van der Waals surface area contributed by atoms with E-state index in [1.807, 2.05) is 13.8 Å². The molecule has 0 radical (unpaired) electrons. The summed E-state index contributed by atoms with van der Waals surface area (Å²) in [6, 6.07) is 0. The molecule has 0 spiro atoms. The van der Waals surface area contributed by atoms with E-state index in [0.717, 1.165) is 25.9 Å². The molecule has 0 aromatic carbocycles. The Bertz CT molecular complexity index is 219.